The van der Waals surface area contributed by atoms with Gasteiger partial charge in [0, 0.05) is 70.7 Å². The van der Waals surface area contributed by atoms with E-state index in [-0.39, 0.29) is 49.6 Å². The Morgan fingerprint density at radius 3 is 2.33 bits per heavy atom. The topological polar surface area (TPSA) is 198 Å². The third kappa shape index (κ3) is 11.2. The predicted molar refractivity (Wildman–Crippen MR) is 284 cm³/mol. The fraction of sp³-hybridized carbons (Fsp3) is 0.407. The fourth-order valence-electron chi connectivity index (χ4n) is 9.58. The summed E-state index contributed by atoms with van der Waals surface area (Å²) in [6, 6.07) is 17.0. The van der Waals surface area contributed by atoms with E-state index in [0.717, 1.165) is 54.9 Å². The van der Waals surface area contributed by atoms with Crippen LogP contribution in [0.3, 0.4) is 0 Å². The van der Waals surface area contributed by atoms with E-state index in [4.69, 9.17) is 26.1 Å². The van der Waals surface area contributed by atoms with Crippen LogP contribution in [0, 0.1) is 33.1 Å². The first kappa shape index (κ1) is 51.4. The van der Waals surface area contributed by atoms with E-state index in [0.29, 0.717) is 47.4 Å². The van der Waals surface area contributed by atoms with Crippen LogP contribution in [0.4, 0.5) is 0 Å². The van der Waals surface area contributed by atoms with Crippen LogP contribution in [0.15, 0.2) is 89.6 Å². The van der Waals surface area contributed by atoms with Gasteiger partial charge in [-0.05, 0) is 74.9 Å². The Balaban J connectivity index is 0.750. The maximum atomic E-state index is 14.3. The molecule has 2 aromatic carbocycles. The molecule has 1 saturated heterocycles. The van der Waals surface area contributed by atoms with Crippen LogP contribution < -0.4 is 25.4 Å². The number of aliphatic hydroxyl groups excluding tert-OH is 1. The van der Waals surface area contributed by atoms with E-state index in [1.165, 1.54) is 11.1 Å². The third-order valence-electron chi connectivity index (χ3n) is 13.8. The second-order valence-corrected chi connectivity index (χ2v) is 22.7. The maximum Gasteiger partial charge on any atom is 0.258 e. The van der Waals surface area contributed by atoms with Crippen molar-refractivity contribution < 1.29 is 29.0 Å². The number of rotatable bonds is 16. The first-order valence-electron chi connectivity index (χ1n) is 24.5. The molecule has 4 aromatic heterocycles. The van der Waals surface area contributed by atoms with Gasteiger partial charge >= 0.3 is 0 Å². The molecule has 0 radical (unpaired) electrons. The van der Waals surface area contributed by atoms with Crippen LogP contribution in [0.25, 0.3) is 15.4 Å². The second-order valence-electron chi connectivity index (χ2n) is 20.2. The van der Waals surface area contributed by atoms with Crippen molar-refractivity contribution >= 4 is 57.7 Å². The summed E-state index contributed by atoms with van der Waals surface area (Å²) in [7, 11) is 0. The number of ether oxygens (including phenoxy) is 2. The number of hydrogen-bond acceptors (Lipinski definition) is 14. The van der Waals surface area contributed by atoms with Crippen molar-refractivity contribution in [2.45, 2.75) is 123 Å². The zero-order valence-electron chi connectivity index (χ0n) is 42.2. The average molecular weight is 1050 g/mol. The molecule has 1 aliphatic carbocycles. The summed E-state index contributed by atoms with van der Waals surface area (Å²) >= 11 is 9.54. The Hall–Kier alpha value is -6.47. The van der Waals surface area contributed by atoms with Crippen LogP contribution in [0.1, 0.15) is 110 Å². The predicted octanol–water partition coefficient (Wildman–Crippen LogP) is 8.48. The lowest BCUT2D eigenvalue weighted by molar-refractivity contribution is -0.140. The molecule has 2 fully saturated rings. The van der Waals surface area contributed by atoms with E-state index >= 15 is 0 Å². The number of aromatic nitrogens is 5. The molecular formula is C54H61ClN10O6S2. The SMILES string of the molecule is C=C(N[C@@H](C)c1ccc(-c2scnc2C)cc1)[C@H]1C[C@H](O)CN1C(=O)[C@@H](NC(=O)COc1ccc(OC2CC(NC(=O)C[C@@H]3N=C(c4ccc(Cl)cc4)c4c(sc(C)c4C)-n4c(C)nnc43)C2)nc1)C(C)(C)C. The highest BCUT2D eigenvalue weighted by Gasteiger charge is 2.43. The van der Waals surface area contributed by atoms with Gasteiger partial charge in [-0.2, -0.15) is 0 Å². The number of aryl methyl sites for hydroxylation is 3. The number of thiazole rings is 1. The summed E-state index contributed by atoms with van der Waals surface area (Å²) in [4.78, 5) is 59.3. The highest BCUT2D eigenvalue weighted by molar-refractivity contribution is 7.15. The summed E-state index contributed by atoms with van der Waals surface area (Å²) in [5.74, 6) is 1.12. The largest absolute Gasteiger partial charge is 0.482 e. The van der Waals surface area contributed by atoms with E-state index in [9.17, 15) is 19.5 Å². The number of β-amino-alcohol motifs (C(OH)–C–C–N with tert-alkyl or cyclic N) is 1. The normalized spacial score (nSPS) is 20.1. The summed E-state index contributed by atoms with van der Waals surface area (Å²) in [6.45, 7) is 19.8. The number of benzene rings is 2. The zero-order chi connectivity index (χ0) is 51.9. The Labute approximate surface area is 438 Å². The minimum atomic E-state index is -0.915. The van der Waals surface area contributed by atoms with Crippen molar-refractivity contribution in [3.8, 4) is 27.1 Å². The molecule has 19 heteroatoms. The number of nitrogens with one attached hydrogen (secondary N) is 3. The summed E-state index contributed by atoms with van der Waals surface area (Å²) < 4.78 is 14.0. The molecule has 4 N–H and O–H groups in total. The Bertz CT molecular complexity index is 3050. The number of aliphatic hydroxyl groups is 1. The first-order valence-corrected chi connectivity index (χ1v) is 26.5. The molecule has 2 aliphatic heterocycles. The number of aliphatic imine (C=N–C) groups is 1. The monoisotopic (exact) mass is 1040 g/mol. The molecule has 16 nitrogen and oxygen atoms in total. The quantitative estimate of drug-likeness (QED) is 0.0726. The van der Waals surface area contributed by atoms with Gasteiger partial charge in [0.15, 0.2) is 12.4 Å². The molecule has 73 heavy (non-hydrogen) atoms. The maximum absolute atomic E-state index is 14.3. The van der Waals surface area contributed by atoms with Gasteiger partial charge in [-0.3, -0.25) is 23.9 Å². The number of nitrogens with zero attached hydrogens (tertiary/aromatic N) is 7. The van der Waals surface area contributed by atoms with Crippen molar-refractivity contribution in [3.05, 3.63) is 134 Å². The van der Waals surface area contributed by atoms with Crippen LogP contribution in [0.5, 0.6) is 11.6 Å². The molecule has 6 heterocycles. The van der Waals surface area contributed by atoms with E-state index in [2.05, 4.69) is 80.8 Å². The van der Waals surface area contributed by atoms with Crippen LogP contribution in [-0.2, 0) is 14.4 Å². The molecule has 9 rings (SSSR count). The van der Waals surface area contributed by atoms with Crippen molar-refractivity contribution in [3.63, 3.8) is 0 Å². The lowest BCUT2D eigenvalue weighted by Gasteiger charge is -2.36. The first-order chi connectivity index (χ1) is 34.8. The number of carbonyl (C=O) groups is 3. The molecule has 3 amide bonds. The smallest absolute Gasteiger partial charge is 0.258 e. The van der Waals surface area contributed by atoms with Crippen molar-refractivity contribution in [1.29, 1.82) is 0 Å². The molecular weight excluding hydrogens is 984 g/mol. The Kier molecular flexibility index (Phi) is 14.9. The molecule has 6 aromatic rings. The number of halogens is 1. The number of thiophene rings is 1. The standard InChI is InChI=1S/C54H61ClN10O6S2/c1-28-32(5)73-53-47(28)48(35-14-16-37(55)17-15-35)60-42(51-63-62-33(6)65(51)53)23-44(67)59-38-20-41(21-38)71-46-19-18-40(24-56-46)70-26-45(68)61-50(54(7,8)9)52(69)64-25-39(66)22-43(64)30(3)58-29(2)34-10-12-36(13-11-34)49-31(4)57-27-72-49/h10-19,24,27,29,38-39,41-43,50,58,66H,3,20-23,25-26H2,1-2,4-9H3,(H,59,67)(H,61,68)/t29-,38?,39-,41?,42-,43+,50+/m0/s1. The van der Waals surface area contributed by atoms with Gasteiger partial charge in [-0.25, -0.2) is 9.97 Å². The number of pyridine rings is 1. The van der Waals surface area contributed by atoms with E-state index in [1.807, 2.05) is 75.9 Å². The average Bonchev–Trinajstić information content (AvgIpc) is 4.11. The van der Waals surface area contributed by atoms with Gasteiger partial charge in [-0.15, -0.1) is 32.9 Å². The Morgan fingerprint density at radius 2 is 1.66 bits per heavy atom. The van der Waals surface area contributed by atoms with Crippen molar-refractivity contribution in [2.24, 2.45) is 10.4 Å². The van der Waals surface area contributed by atoms with Crippen LogP contribution in [0.2, 0.25) is 5.02 Å². The van der Waals surface area contributed by atoms with E-state index in [1.54, 1.807) is 39.7 Å². The number of hydrogen-bond donors (Lipinski definition) is 4. The van der Waals surface area contributed by atoms with Crippen LogP contribution >= 0.6 is 34.3 Å². The van der Waals surface area contributed by atoms with Gasteiger partial charge in [0.25, 0.3) is 5.91 Å². The lowest BCUT2D eigenvalue weighted by Crippen LogP contribution is -2.57. The van der Waals surface area contributed by atoms with Gasteiger partial charge in [0.2, 0.25) is 17.7 Å². The van der Waals surface area contributed by atoms with Crippen molar-refractivity contribution in [1.82, 2.24) is 45.6 Å². The number of fused-ring (bicyclic) bond motifs is 3. The zero-order valence-corrected chi connectivity index (χ0v) is 44.6. The highest BCUT2D eigenvalue weighted by atomic mass is 35.5. The summed E-state index contributed by atoms with van der Waals surface area (Å²) in [5, 5.41) is 30.9. The molecule has 0 bridgehead atoms. The van der Waals surface area contributed by atoms with E-state index < -0.39 is 35.6 Å². The molecule has 0 spiro atoms. The number of likely N-dealkylation sites (tertiary alicyclic amines) is 1. The molecule has 5 atom stereocenters. The van der Waals surface area contributed by atoms with Crippen LogP contribution in [-0.4, -0.2) is 102 Å². The van der Waals surface area contributed by atoms with Gasteiger partial charge in [0.05, 0.1) is 46.6 Å². The highest BCUT2D eigenvalue weighted by Crippen LogP contribution is 2.40. The third-order valence-corrected chi connectivity index (χ3v) is 16.2. The summed E-state index contributed by atoms with van der Waals surface area (Å²) in [5.41, 5.74) is 8.74. The van der Waals surface area contributed by atoms with Gasteiger partial charge in [0.1, 0.15) is 34.8 Å². The minimum absolute atomic E-state index is 0.0843. The molecule has 0 unspecified atom stereocenters. The number of amides is 3. The molecule has 1 saturated carbocycles. The minimum Gasteiger partial charge on any atom is -0.482 e. The second kappa shape index (κ2) is 21.2. The van der Waals surface area contributed by atoms with Gasteiger partial charge in [-0.1, -0.05) is 75.3 Å². The molecule has 3 aliphatic rings. The lowest BCUT2D eigenvalue weighted by atomic mass is 9.85. The molecule has 382 valence electrons. The summed E-state index contributed by atoms with van der Waals surface area (Å²) in [6.07, 6.45) is 2.17. The Morgan fingerprint density at radius 1 is 0.932 bits per heavy atom. The van der Waals surface area contributed by atoms with Gasteiger partial charge < -0.3 is 35.4 Å². The fourth-order valence-corrected chi connectivity index (χ4v) is 11.7. The van der Waals surface area contributed by atoms with Crippen molar-refractivity contribution in [2.75, 3.05) is 13.2 Å². The number of carbonyl (C=O) groups excluding carboxylic acids is 3.